The Balaban J connectivity index is 2.10. The lowest BCUT2D eigenvalue weighted by molar-refractivity contribution is -0.164. The lowest BCUT2D eigenvalue weighted by atomic mass is 9.81. The number of carboxylic acids is 1. The van der Waals surface area contributed by atoms with Gasteiger partial charge in [-0.1, -0.05) is 77.6 Å². The highest BCUT2D eigenvalue weighted by molar-refractivity contribution is 5.75. The highest BCUT2D eigenvalue weighted by atomic mass is 16.6. The van der Waals surface area contributed by atoms with E-state index in [2.05, 4.69) is 6.92 Å². The topological polar surface area (TPSA) is 63.6 Å². The molecule has 0 aromatic rings. The van der Waals surface area contributed by atoms with Gasteiger partial charge in [-0.15, -0.1) is 0 Å². The molecular weight excluding hydrogens is 352 g/mol. The molecule has 164 valence electrons. The zero-order valence-electron chi connectivity index (χ0n) is 18.6. The van der Waals surface area contributed by atoms with Crippen LogP contribution in [0.15, 0.2) is 0 Å². The summed E-state index contributed by atoms with van der Waals surface area (Å²) in [6, 6.07) is 0. The Morgan fingerprint density at radius 2 is 1.36 bits per heavy atom. The highest BCUT2D eigenvalue weighted by Crippen LogP contribution is 2.32. The highest BCUT2D eigenvalue weighted by Gasteiger charge is 2.34. The quantitative estimate of drug-likeness (QED) is 0.241. The molecule has 0 bridgehead atoms. The van der Waals surface area contributed by atoms with Crippen LogP contribution in [0.4, 0.5) is 0 Å². The van der Waals surface area contributed by atoms with Crippen LogP contribution in [0, 0.1) is 11.8 Å². The third kappa shape index (κ3) is 11.1. The van der Waals surface area contributed by atoms with Gasteiger partial charge in [0.2, 0.25) is 0 Å². The first kappa shape index (κ1) is 25.0. The third-order valence-corrected chi connectivity index (χ3v) is 6.12. The molecule has 0 aromatic carbocycles. The van der Waals surface area contributed by atoms with Crippen LogP contribution in [-0.2, 0) is 14.3 Å². The molecule has 4 heteroatoms. The normalized spacial score (nSPS) is 20.1. The van der Waals surface area contributed by atoms with Gasteiger partial charge in [0.05, 0.1) is 11.8 Å². The van der Waals surface area contributed by atoms with Crippen LogP contribution in [0.25, 0.3) is 0 Å². The summed E-state index contributed by atoms with van der Waals surface area (Å²) in [4.78, 5) is 23.7. The fraction of sp³-hybridized carbons (Fsp3) is 0.917. The van der Waals surface area contributed by atoms with Gasteiger partial charge in [0, 0.05) is 0 Å². The van der Waals surface area contributed by atoms with Crippen LogP contribution in [0.5, 0.6) is 0 Å². The van der Waals surface area contributed by atoms with Crippen molar-refractivity contribution < 1.29 is 19.4 Å². The van der Waals surface area contributed by atoms with Gasteiger partial charge in [-0.3, -0.25) is 9.59 Å². The van der Waals surface area contributed by atoms with Crippen molar-refractivity contribution in [1.29, 1.82) is 0 Å². The molecular formula is C24H44O4. The molecule has 0 saturated heterocycles. The van der Waals surface area contributed by atoms with Gasteiger partial charge in [-0.2, -0.15) is 0 Å². The minimum absolute atomic E-state index is 0.195. The predicted octanol–water partition coefficient (Wildman–Crippen LogP) is 6.90. The molecule has 0 heterocycles. The van der Waals surface area contributed by atoms with E-state index in [0.717, 1.165) is 25.7 Å². The van der Waals surface area contributed by atoms with E-state index in [0.29, 0.717) is 12.8 Å². The van der Waals surface area contributed by atoms with Gasteiger partial charge >= 0.3 is 11.9 Å². The number of rotatable bonds is 15. The van der Waals surface area contributed by atoms with Crippen molar-refractivity contribution in [3.63, 3.8) is 0 Å². The molecule has 1 aliphatic rings. The van der Waals surface area contributed by atoms with Crippen LogP contribution in [-0.4, -0.2) is 22.6 Å². The Morgan fingerprint density at radius 1 is 0.857 bits per heavy atom. The number of hydrogen-bond acceptors (Lipinski definition) is 3. The van der Waals surface area contributed by atoms with E-state index in [4.69, 9.17) is 4.74 Å². The minimum atomic E-state index is -0.780. The average molecular weight is 397 g/mol. The zero-order chi connectivity index (χ0) is 20.8. The summed E-state index contributed by atoms with van der Waals surface area (Å²) < 4.78 is 5.77. The van der Waals surface area contributed by atoms with E-state index >= 15 is 0 Å². The third-order valence-electron chi connectivity index (χ3n) is 6.12. The van der Waals surface area contributed by atoms with E-state index in [1.165, 1.54) is 64.2 Å². The molecule has 1 N–H and O–H groups in total. The summed E-state index contributed by atoms with van der Waals surface area (Å²) in [5.74, 6) is -1.61. The lowest BCUT2D eigenvalue weighted by Gasteiger charge is -2.30. The molecule has 1 aliphatic carbocycles. The molecule has 4 nitrogen and oxygen atoms in total. The molecule has 2 atom stereocenters. The summed E-state index contributed by atoms with van der Waals surface area (Å²) in [5, 5.41) is 9.19. The summed E-state index contributed by atoms with van der Waals surface area (Å²) in [7, 11) is 0. The van der Waals surface area contributed by atoms with Crippen LogP contribution in [0.1, 0.15) is 124 Å². The van der Waals surface area contributed by atoms with Crippen molar-refractivity contribution in [3.8, 4) is 0 Å². The smallest absolute Gasteiger partial charge is 0.309 e. The van der Waals surface area contributed by atoms with E-state index in [1.54, 1.807) is 0 Å². The van der Waals surface area contributed by atoms with Crippen LogP contribution >= 0.6 is 0 Å². The number of aliphatic carboxylic acids is 1. The number of unbranched alkanes of at least 4 members (excludes halogenated alkanes) is 10. The minimum Gasteiger partial charge on any atom is -0.481 e. The second-order valence-corrected chi connectivity index (χ2v) is 9.37. The maximum Gasteiger partial charge on any atom is 0.309 e. The van der Waals surface area contributed by atoms with Gasteiger partial charge in [0.25, 0.3) is 0 Å². The fourth-order valence-electron chi connectivity index (χ4n) is 4.25. The van der Waals surface area contributed by atoms with E-state index < -0.39 is 11.6 Å². The number of ether oxygens (including phenoxy) is 1. The van der Waals surface area contributed by atoms with Crippen molar-refractivity contribution in [2.24, 2.45) is 11.8 Å². The molecule has 1 fully saturated rings. The van der Waals surface area contributed by atoms with Crippen LogP contribution in [0.2, 0.25) is 0 Å². The van der Waals surface area contributed by atoms with E-state index in [1.807, 2.05) is 13.8 Å². The summed E-state index contributed by atoms with van der Waals surface area (Å²) in [5.41, 5.74) is -0.452. The predicted molar refractivity (Wildman–Crippen MR) is 114 cm³/mol. The molecule has 1 rings (SSSR count). The second-order valence-electron chi connectivity index (χ2n) is 9.37. The van der Waals surface area contributed by atoms with Crippen molar-refractivity contribution in [1.82, 2.24) is 0 Å². The van der Waals surface area contributed by atoms with Gasteiger partial charge in [0.15, 0.2) is 0 Å². The monoisotopic (exact) mass is 396 g/mol. The Kier molecular flexibility index (Phi) is 12.5. The molecule has 0 spiro atoms. The van der Waals surface area contributed by atoms with Crippen LogP contribution < -0.4 is 0 Å². The van der Waals surface area contributed by atoms with Crippen molar-refractivity contribution in [2.75, 3.05) is 0 Å². The van der Waals surface area contributed by atoms with Crippen molar-refractivity contribution in [3.05, 3.63) is 0 Å². The Bertz CT molecular complexity index is 444. The van der Waals surface area contributed by atoms with E-state index in [9.17, 15) is 14.7 Å². The summed E-state index contributed by atoms with van der Waals surface area (Å²) in [6.07, 6.45) is 18.0. The zero-order valence-corrected chi connectivity index (χ0v) is 18.6. The number of carboxylic acid groups (broad SMARTS) is 1. The fourth-order valence-corrected chi connectivity index (χ4v) is 4.25. The van der Waals surface area contributed by atoms with Crippen LogP contribution in [0.3, 0.4) is 0 Å². The second kappa shape index (κ2) is 14.0. The Morgan fingerprint density at radius 3 is 1.89 bits per heavy atom. The van der Waals surface area contributed by atoms with Gasteiger partial charge < -0.3 is 9.84 Å². The maximum atomic E-state index is 12.5. The molecule has 28 heavy (non-hydrogen) atoms. The molecule has 0 aromatic heterocycles. The average Bonchev–Trinajstić information content (AvgIpc) is 2.65. The number of esters is 1. The lowest BCUT2D eigenvalue weighted by Crippen LogP contribution is -2.34. The molecule has 0 radical (unpaired) electrons. The number of hydrogen-bond donors (Lipinski definition) is 1. The Hall–Kier alpha value is -1.06. The largest absolute Gasteiger partial charge is 0.481 e. The van der Waals surface area contributed by atoms with Crippen molar-refractivity contribution in [2.45, 2.75) is 129 Å². The van der Waals surface area contributed by atoms with Gasteiger partial charge in [0.1, 0.15) is 5.60 Å². The Labute approximate surface area is 172 Å². The first-order chi connectivity index (χ1) is 13.4. The van der Waals surface area contributed by atoms with E-state index in [-0.39, 0.29) is 17.8 Å². The summed E-state index contributed by atoms with van der Waals surface area (Å²) >= 11 is 0. The standard InChI is InChI=1S/C24H44O4/c1-4-5-6-7-8-9-10-11-12-13-14-18-24(2,3)28-23(27)21-17-15-16-20(19-21)22(25)26/h20-21H,4-19H2,1-3H3,(H,25,26). The maximum absolute atomic E-state index is 12.5. The summed E-state index contributed by atoms with van der Waals surface area (Å²) in [6.45, 7) is 6.23. The van der Waals surface area contributed by atoms with Gasteiger partial charge in [-0.05, 0) is 46.0 Å². The first-order valence-electron chi connectivity index (χ1n) is 11.8. The first-order valence-corrected chi connectivity index (χ1v) is 11.8. The SMILES string of the molecule is CCCCCCCCCCCCCC(C)(C)OC(=O)C1CCCC(C(=O)O)C1. The van der Waals surface area contributed by atoms with Crippen molar-refractivity contribution >= 4 is 11.9 Å². The number of carbonyl (C=O) groups excluding carboxylic acids is 1. The molecule has 0 amide bonds. The van der Waals surface area contributed by atoms with Gasteiger partial charge in [-0.25, -0.2) is 0 Å². The molecule has 0 aliphatic heterocycles. The molecule has 2 unspecified atom stereocenters. The number of carbonyl (C=O) groups is 2. The molecule has 1 saturated carbocycles.